The molecule has 2 aromatic carbocycles. The van der Waals surface area contributed by atoms with Gasteiger partial charge in [0.15, 0.2) is 0 Å². The average Bonchev–Trinajstić information content (AvgIpc) is 2.57. The van der Waals surface area contributed by atoms with Gasteiger partial charge >= 0.3 is 0 Å². The van der Waals surface area contributed by atoms with Crippen LogP contribution >= 0.6 is 0 Å². The second-order valence-corrected chi connectivity index (χ2v) is 6.34. The van der Waals surface area contributed by atoms with E-state index in [1.54, 1.807) is 6.92 Å². The number of likely N-dealkylation sites (tertiary alicyclic amines) is 1. The second kappa shape index (κ2) is 7.07. The van der Waals surface area contributed by atoms with Crippen molar-refractivity contribution in [2.45, 2.75) is 44.5 Å². The molecule has 1 N–H and O–H groups in total. The minimum atomic E-state index is -0.533. The summed E-state index contributed by atoms with van der Waals surface area (Å²) in [6, 6.07) is 20.3. The Morgan fingerprint density at radius 3 is 2.26 bits per heavy atom. The zero-order chi connectivity index (χ0) is 16.2. The first-order chi connectivity index (χ1) is 11.1. The summed E-state index contributed by atoms with van der Waals surface area (Å²) in [5, 5.41) is 10.2. The number of rotatable bonds is 4. The number of hydrogen-bond acceptors (Lipinski definition) is 3. The van der Waals surface area contributed by atoms with E-state index < -0.39 is 6.10 Å². The molecule has 2 aromatic rings. The van der Waals surface area contributed by atoms with Crippen molar-refractivity contribution < 1.29 is 9.90 Å². The fourth-order valence-electron chi connectivity index (χ4n) is 3.45. The molecule has 0 amide bonds. The van der Waals surface area contributed by atoms with Crippen LogP contribution in [-0.4, -0.2) is 27.9 Å². The third kappa shape index (κ3) is 3.69. The van der Waals surface area contributed by atoms with Crippen LogP contribution in [-0.2, 0) is 11.3 Å². The molecule has 120 valence electrons. The van der Waals surface area contributed by atoms with E-state index in [-0.39, 0.29) is 17.9 Å². The maximum atomic E-state index is 12.2. The number of carbonyl (C=O) groups is 1. The Morgan fingerprint density at radius 1 is 1.04 bits per heavy atom. The predicted molar refractivity (Wildman–Crippen MR) is 90.9 cm³/mol. The fourth-order valence-corrected chi connectivity index (χ4v) is 3.45. The standard InChI is InChI=1S/C20H23NO2/c1-15(22)19-12-18(23)13-20(17-10-6-3-7-11-17)21(19)14-16-8-4-2-5-9-16/h2-11,15,19-20,22H,12-14H2,1H3/t15-,19+,20+/m0/s1. The van der Waals surface area contributed by atoms with E-state index in [1.807, 2.05) is 36.4 Å². The van der Waals surface area contributed by atoms with Gasteiger partial charge in [0.2, 0.25) is 0 Å². The molecule has 1 aliphatic rings. The minimum absolute atomic E-state index is 0.0252. The number of piperidine rings is 1. The number of carbonyl (C=O) groups excluding carboxylic acids is 1. The van der Waals surface area contributed by atoms with Crippen LogP contribution in [0.25, 0.3) is 0 Å². The molecule has 0 saturated carbocycles. The van der Waals surface area contributed by atoms with Gasteiger partial charge in [0.25, 0.3) is 0 Å². The molecule has 1 aliphatic heterocycles. The zero-order valence-corrected chi connectivity index (χ0v) is 13.4. The first-order valence-corrected chi connectivity index (χ1v) is 8.19. The third-order valence-corrected chi connectivity index (χ3v) is 4.63. The van der Waals surface area contributed by atoms with Gasteiger partial charge in [-0.3, -0.25) is 9.69 Å². The van der Waals surface area contributed by atoms with Gasteiger partial charge in [-0.1, -0.05) is 60.7 Å². The number of ketones is 1. The summed E-state index contributed by atoms with van der Waals surface area (Å²) in [6.45, 7) is 2.52. The number of benzene rings is 2. The summed E-state index contributed by atoms with van der Waals surface area (Å²) in [6.07, 6.45) is 0.405. The van der Waals surface area contributed by atoms with Crippen molar-refractivity contribution in [3.05, 3.63) is 71.8 Å². The summed E-state index contributed by atoms with van der Waals surface area (Å²) in [5.41, 5.74) is 2.34. The highest BCUT2D eigenvalue weighted by molar-refractivity contribution is 5.80. The number of Topliss-reactive ketones (excluding diaryl/α,β-unsaturated/α-hetero) is 1. The van der Waals surface area contributed by atoms with Crippen LogP contribution in [0.2, 0.25) is 0 Å². The molecule has 1 fully saturated rings. The van der Waals surface area contributed by atoms with E-state index in [1.165, 1.54) is 5.56 Å². The van der Waals surface area contributed by atoms with Gasteiger partial charge in [-0.15, -0.1) is 0 Å². The summed E-state index contributed by atoms with van der Waals surface area (Å²) < 4.78 is 0. The Bertz CT molecular complexity index is 639. The van der Waals surface area contributed by atoms with Crippen LogP contribution in [0.15, 0.2) is 60.7 Å². The highest BCUT2D eigenvalue weighted by Gasteiger charge is 2.37. The summed E-state index contributed by atoms with van der Waals surface area (Å²) in [7, 11) is 0. The van der Waals surface area contributed by atoms with Gasteiger partial charge in [0.05, 0.1) is 6.10 Å². The minimum Gasteiger partial charge on any atom is -0.392 e. The van der Waals surface area contributed by atoms with Crippen molar-refractivity contribution >= 4 is 5.78 Å². The normalized spacial score (nSPS) is 23.7. The zero-order valence-electron chi connectivity index (χ0n) is 13.4. The Hall–Kier alpha value is -1.97. The number of aliphatic hydroxyl groups is 1. The molecular formula is C20H23NO2. The Morgan fingerprint density at radius 2 is 1.65 bits per heavy atom. The van der Waals surface area contributed by atoms with E-state index in [4.69, 9.17) is 0 Å². The monoisotopic (exact) mass is 309 g/mol. The van der Waals surface area contributed by atoms with E-state index >= 15 is 0 Å². The third-order valence-electron chi connectivity index (χ3n) is 4.63. The van der Waals surface area contributed by atoms with Gasteiger partial charge in [-0.2, -0.15) is 0 Å². The van der Waals surface area contributed by atoms with Gasteiger partial charge in [0, 0.05) is 31.5 Å². The molecule has 0 aliphatic carbocycles. The Kier molecular flexibility index (Phi) is 4.89. The van der Waals surface area contributed by atoms with E-state index in [0.29, 0.717) is 12.8 Å². The van der Waals surface area contributed by atoms with Crippen molar-refractivity contribution in [1.82, 2.24) is 4.90 Å². The van der Waals surface area contributed by atoms with E-state index in [9.17, 15) is 9.90 Å². The lowest BCUT2D eigenvalue weighted by Gasteiger charge is -2.43. The lowest BCUT2D eigenvalue weighted by atomic mass is 9.87. The lowest BCUT2D eigenvalue weighted by molar-refractivity contribution is -0.128. The SMILES string of the molecule is C[C@H](O)[C@H]1CC(=O)C[C@H](c2ccccc2)N1Cc1ccccc1. The first kappa shape index (κ1) is 15.9. The number of aliphatic hydroxyl groups excluding tert-OH is 1. The predicted octanol–water partition coefficient (Wildman–Crippen LogP) is 3.34. The van der Waals surface area contributed by atoms with Gasteiger partial charge < -0.3 is 5.11 Å². The van der Waals surface area contributed by atoms with Crippen LogP contribution in [0.5, 0.6) is 0 Å². The average molecular weight is 309 g/mol. The molecule has 3 heteroatoms. The smallest absolute Gasteiger partial charge is 0.136 e. The van der Waals surface area contributed by atoms with Crippen molar-refractivity contribution in [3.8, 4) is 0 Å². The summed E-state index contributed by atoms with van der Waals surface area (Å²) in [4.78, 5) is 14.5. The van der Waals surface area contributed by atoms with Crippen LogP contribution in [0, 0.1) is 0 Å². The topological polar surface area (TPSA) is 40.5 Å². The molecule has 3 atom stereocenters. The largest absolute Gasteiger partial charge is 0.392 e. The van der Waals surface area contributed by atoms with Gasteiger partial charge in [-0.05, 0) is 18.1 Å². The Labute approximate surface area is 137 Å². The first-order valence-electron chi connectivity index (χ1n) is 8.19. The molecule has 3 rings (SSSR count). The van der Waals surface area contributed by atoms with Crippen LogP contribution < -0.4 is 0 Å². The Balaban J connectivity index is 1.94. The molecule has 23 heavy (non-hydrogen) atoms. The highest BCUT2D eigenvalue weighted by atomic mass is 16.3. The van der Waals surface area contributed by atoms with Gasteiger partial charge in [0.1, 0.15) is 5.78 Å². The molecule has 0 radical (unpaired) electrons. The van der Waals surface area contributed by atoms with Crippen molar-refractivity contribution in [3.63, 3.8) is 0 Å². The molecule has 1 heterocycles. The van der Waals surface area contributed by atoms with Crippen LogP contribution in [0.1, 0.15) is 36.9 Å². The molecule has 0 spiro atoms. The van der Waals surface area contributed by atoms with Crippen molar-refractivity contribution in [2.24, 2.45) is 0 Å². The maximum absolute atomic E-state index is 12.2. The molecule has 0 aromatic heterocycles. The summed E-state index contributed by atoms with van der Waals surface area (Å²) >= 11 is 0. The molecule has 1 saturated heterocycles. The van der Waals surface area contributed by atoms with Crippen molar-refractivity contribution in [1.29, 1.82) is 0 Å². The highest BCUT2D eigenvalue weighted by Crippen LogP contribution is 2.35. The maximum Gasteiger partial charge on any atom is 0.136 e. The summed E-state index contributed by atoms with van der Waals surface area (Å²) in [5.74, 6) is 0.231. The van der Waals surface area contributed by atoms with Crippen LogP contribution in [0.4, 0.5) is 0 Å². The molecule has 0 unspecified atom stereocenters. The molecule has 0 bridgehead atoms. The molecule has 3 nitrogen and oxygen atoms in total. The number of nitrogens with zero attached hydrogens (tertiary/aromatic N) is 1. The fraction of sp³-hybridized carbons (Fsp3) is 0.350. The number of hydrogen-bond donors (Lipinski definition) is 1. The quantitative estimate of drug-likeness (QED) is 0.941. The lowest BCUT2D eigenvalue weighted by Crippen LogP contribution is -2.49. The van der Waals surface area contributed by atoms with Crippen molar-refractivity contribution in [2.75, 3.05) is 0 Å². The van der Waals surface area contributed by atoms with Gasteiger partial charge in [-0.25, -0.2) is 0 Å². The second-order valence-electron chi connectivity index (χ2n) is 6.34. The van der Waals surface area contributed by atoms with Crippen LogP contribution in [0.3, 0.4) is 0 Å². The van der Waals surface area contributed by atoms with E-state index in [0.717, 1.165) is 12.1 Å². The van der Waals surface area contributed by atoms with E-state index in [2.05, 4.69) is 29.2 Å². The molecular weight excluding hydrogens is 286 g/mol.